The Hall–Kier alpha value is -1.22. The lowest BCUT2D eigenvalue weighted by molar-refractivity contribution is 0.181. The lowest BCUT2D eigenvalue weighted by Gasteiger charge is -2.31. The number of benzene rings is 1. The quantitative estimate of drug-likeness (QED) is 0.410. The van der Waals surface area contributed by atoms with Crippen molar-refractivity contribution in [1.29, 1.82) is 0 Å². The van der Waals surface area contributed by atoms with Crippen molar-refractivity contribution in [2.45, 2.75) is 25.9 Å². The molecule has 24 heavy (non-hydrogen) atoms. The first kappa shape index (κ1) is 20.8. The first-order valence-corrected chi connectivity index (χ1v) is 8.00. The van der Waals surface area contributed by atoms with Crippen molar-refractivity contribution < 1.29 is 14.6 Å². The number of piperidine rings is 1. The third kappa shape index (κ3) is 5.41. The highest BCUT2D eigenvalue weighted by molar-refractivity contribution is 14.0. The van der Waals surface area contributed by atoms with Crippen molar-refractivity contribution in [2.24, 2.45) is 16.6 Å². The molecule has 0 aromatic heterocycles. The van der Waals surface area contributed by atoms with E-state index in [-0.39, 0.29) is 30.5 Å². The lowest BCUT2D eigenvalue weighted by atomic mass is 10.0. The van der Waals surface area contributed by atoms with E-state index in [1.54, 1.807) is 32.4 Å². The highest BCUT2D eigenvalue weighted by Crippen LogP contribution is 2.29. The second kappa shape index (κ2) is 9.93. The van der Waals surface area contributed by atoms with E-state index in [4.69, 9.17) is 15.2 Å². The van der Waals surface area contributed by atoms with Crippen molar-refractivity contribution in [3.63, 3.8) is 0 Å². The molecule has 1 heterocycles. The summed E-state index contributed by atoms with van der Waals surface area (Å²) in [4.78, 5) is 6.45. The number of halogens is 1. The monoisotopic (exact) mass is 449 g/mol. The second-order valence-corrected chi connectivity index (χ2v) is 6.02. The Balaban J connectivity index is 0.00000288. The van der Waals surface area contributed by atoms with Crippen molar-refractivity contribution >= 4 is 29.9 Å². The number of hydrogen-bond donors (Lipinski definition) is 2. The minimum absolute atomic E-state index is 0. The van der Waals surface area contributed by atoms with Gasteiger partial charge in [0.05, 0.1) is 20.8 Å². The number of nitrogens with two attached hydrogens (primary N) is 1. The minimum atomic E-state index is -0.791. The molecule has 0 bridgehead atoms. The van der Waals surface area contributed by atoms with Gasteiger partial charge in [-0.3, -0.25) is 4.99 Å². The summed E-state index contributed by atoms with van der Waals surface area (Å²) in [6.45, 7) is 4.27. The SMILES string of the molecule is COc1ccc(OC)c(C(O)CN=C(N)N2CCCC(C)C2)c1.I. The van der Waals surface area contributed by atoms with E-state index in [0.717, 1.165) is 19.5 Å². The summed E-state index contributed by atoms with van der Waals surface area (Å²) in [5.74, 6) is 2.40. The number of likely N-dealkylation sites (tertiary alicyclic amines) is 1. The van der Waals surface area contributed by atoms with Crippen LogP contribution in [-0.2, 0) is 0 Å². The Bertz CT molecular complexity index is 554. The van der Waals surface area contributed by atoms with Gasteiger partial charge in [0.15, 0.2) is 5.96 Å². The number of rotatable bonds is 5. The minimum Gasteiger partial charge on any atom is -0.497 e. The van der Waals surface area contributed by atoms with Gasteiger partial charge in [0.1, 0.15) is 17.6 Å². The van der Waals surface area contributed by atoms with E-state index in [2.05, 4.69) is 16.8 Å². The average Bonchev–Trinajstić information content (AvgIpc) is 2.58. The Kier molecular flexibility index (Phi) is 8.61. The van der Waals surface area contributed by atoms with Gasteiger partial charge in [0.25, 0.3) is 0 Å². The van der Waals surface area contributed by atoms with Crippen LogP contribution < -0.4 is 15.2 Å². The smallest absolute Gasteiger partial charge is 0.191 e. The molecule has 1 saturated heterocycles. The van der Waals surface area contributed by atoms with E-state index in [1.807, 2.05) is 0 Å². The van der Waals surface area contributed by atoms with E-state index < -0.39 is 6.10 Å². The van der Waals surface area contributed by atoms with Crippen molar-refractivity contribution in [1.82, 2.24) is 4.90 Å². The van der Waals surface area contributed by atoms with Gasteiger partial charge >= 0.3 is 0 Å². The summed E-state index contributed by atoms with van der Waals surface area (Å²) in [7, 11) is 3.16. The molecule has 2 atom stereocenters. The number of aliphatic hydroxyl groups is 1. The highest BCUT2D eigenvalue weighted by atomic mass is 127. The number of guanidine groups is 1. The normalized spacial score (nSPS) is 19.4. The van der Waals surface area contributed by atoms with Crippen LogP contribution in [0.3, 0.4) is 0 Å². The Morgan fingerprint density at radius 1 is 1.42 bits per heavy atom. The third-order valence-electron chi connectivity index (χ3n) is 4.20. The van der Waals surface area contributed by atoms with Crippen LogP contribution in [0.2, 0.25) is 0 Å². The Labute approximate surface area is 161 Å². The first-order valence-electron chi connectivity index (χ1n) is 8.00. The number of aliphatic imine (C=N–C) groups is 1. The highest BCUT2D eigenvalue weighted by Gasteiger charge is 2.19. The largest absolute Gasteiger partial charge is 0.497 e. The number of aliphatic hydroxyl groups excluding tert-OH is 1. The predicted octanol–water partition coefficient (Wildman–Crippen LogP) is 2.40. The second-order valence-electron chi connectivity index (χ2n) is 6.02. The van der Waals surface area contributed by atoms with Crippen LogP contribution in [0.15, 0.2) is 23.2 Å². The van der Waals surface area contributed by atoms with Crippen molar-refractivity contribution in [3.8, 4) is 11.5 Å². The van der Waals surface area contributed by atoms with Gasteiger partial charge in [-0.2, -0.15) is 0 Å². The fourth-order valence-electron chi connectivity index (χ4n) is 2.88. The van der Waals surface area contributed by atoms with Gasteiger partial charge in [0.2, 0.25) is 0 Å². The zero-order valence-electron chi connectivity index (χ0n) is 14.6. The predicted molar refractivity (Wildman–Crippen MR) is 106 cm³/mol. The Morgan fingerprint density at radius 2 is 2.17 bits per heavy atom. The van der Waals surface area contributed by atoms with Crippen LogP contribution in [-0.4, -0.2) is 49.8 Å². The van der Waals surface area contributed by atoms with Gasteiger partial charge in [-0.25, -0.2) is 0 Å². The number of nitrogens with zero attached hydrogens (tertiary/aromatic N) is 2. The van der Waals surface area contributed by atoms with Crippen LogP contribution >= 0.6 is 24.0 Å². The molecule has 0 radical (unpaired) electrons. The van der Waals surface area contributed by atoms with E-state index in [9.17, 15) is 5.11 Å². The molecule has 6 nitrogen and oxygen atoms in total. The molecular formula is C17H28IN3O3. The van der Waals surface area contributed by atoms with Gasteiger partial charge in [-0.05, 0) is 37.0 Å². The van der Waals surface area contributed by atoms with E-state index in [0.29, 0.717) is 28.9 Å². The zero-order chi connectivity index (χ0) is 16.8. The molecule has 2 unspecified atom stereocenters. The fraction of sp³-hybridized carbons (Fsp3) is 0.588. The standard InChI is InChI=1S/C17H27N3O3.HI/c1-12-5-4-8-20(11-12)17(18)19-10-15(21)14-9-13(22-2)6-7-16(14)23-3;/h6-7,9,12,15,21H,4-5,8,10-11H2,1-3H3,(H2,18,19);1H. The molecule has 1 fully saturated rings. The summed E-state index contributed by atoms with van der Waals surface area (Å²) < 4.78 is 10.5. The zero-order valence-corrected chi connectivity index (χ0v) is 16.9. The maximum atomic E-state index is 10.4. The van der Waals surface area contributed by atoms with Crippen LogP contribution in [0.4, 0.5) is 0 Å². The van der Waals surface area contributed by atoms with Crippen LogP contribution in [0.5, 0.6) is 11.5 Å². The molecule has 1 aliphatic heterocycles. The fourth-order valence-corrected chi connectivity index (χ4v) is 2.88. The number of hydrogen-bond acceptors (Lipinski definition) is 4. The molecule has 2 rings (SSSR count). The summed E-state index contributed by atoms with van der Waals surface area (Å²) >= 11 is 0. The summed E-state index contributed by atoms with van der Waals surface area (Å²) in [5, 5.41) is 10.4. The molecular weight excluding hydrogens is 421 g/mol. The summed E-state index contributed by atoms with van der Waals surface area (Å²) in [6, 6.07) is 5.33. The molecule has 7 heteroatoms. The van der Waals surface area contributed by atoms with Crippen LogP contribution in [0.1, 0.15) is 31.4 Å². The topological polar surface area (TPSA) is 80.3 Å². The van der Waals surface area contributed by atoms with Gasteiger partial charge < -0.3 is 25.2 Å². The number of ether oxygens (including phenoxy) is 2. The van der Waals surface area contributed by atoms with Crippen LogP contribution in [0.25, 0.3) is 0 Å². The molecule has 1 aromatic carbocycles. The molecule has 0 amide bonds. The van der Waals surface area contributed by atoms with Crippen molar-refractivity contribution in [2.75, 3.05) is 33.9 Å². The average molecular weight is 449 g/mol. The maximum absolute atomic E-state index is 10.4. The summed E-state index contributed by atoms with van der Waals surface area (Å²) in [6.07, 6.45) is 1.57. The van der Waals surface area contributed by atoms with Crippen molar-refractivity contribution in [3.05, 3.63) is 23.8 Å². The molecule has 136 valence electrons. The molecule has 1 aliphatic rings. The maximum Gasteiger partial charge on any atom is 0.191 e. The molecule has 1 aromatic rings. The molecule has 0 aliphatic carbocycles. The Morgan fingerprint density at radius 3 is 2.79 bits per heavy atom. The van der Waals surface area contributed by atoms with E-state index >= 15 is 0 Å². The molecule has 3 N–H and O–H groups in total. The molecule has 0 saturated carbocycles. The third-order valence-corrected chi connectivity index (χ3v) is 4.20. The summed E-state index contributed by atoms with van der Waals surface area (Å²) in [5.41, 5.74) is 6.72. The van der Waals surface area contributed by atoms with Gasteiger partial charge in [-0.1, -0.05) is 6.92 Å². The van der Waals surface area contributed by atoms with Gasteiger partial charge in [-0.15, -0.1) is 24.0 Å². The molecule has 0 spiro atoms. The number of methoxy groups -OCH3 is 2. The lowest BCUT2D eigenvalue weighted by Crippen LogP contribution is -2.43. The first-order chi connectivity index (χ1) is 11.0. The van der Waals surface area contributed by atoms with Gasteiger partial charge in [0, 0.05) is 18.7 Å². The van der Waals surface area contributed by atoms with Crippen LogP contribution in [0, 0.1) is 5.92 Å². The van der Waals surface area contributed by atoms with E-state index in [1.165, 1.54) is 6.42 Å².